The molecular formula is C11H12N2O2S2. The van der Waals surface area contributed by atoms with Gasteiger partial charge in [-0.05, 0) is 12.3 Å². The van der Waals surface area contributed by atoms with Crippen LogP contribution >= 0.6 is 22.7 Å². The third-order valence-electron chi connectivity index (χ3n) is 2.11. The van der Waals surface area contributed by atoms with Crippen LogP contribution in [0, 0.1) is 5.92 Å². The second-order valence-electron chi connectivity index (χ2n) is 4.03. The summed E-state index contributed by atoms with van der Waals surface area (Å²) in [7, 11) is 0. The van der Waals surface area contributed by atoms with Crippen LogP contribution in [0.2, 0.25) is 0 Å². The summed E-state index contributed by atoms with van der Waals surface area (Å²) in [5.41, 5.74) is 0.175. The monoisotopic (exact) mass is 268 g/mol. The van der Waals surface area contributed by atoms with Crippen molar-refractivity contribution >= 4 is 28.6 Å². The van der Waals surface area contributed by atoms with Crippen molar-refractivity contribution in [2.45, 2.75) is 20.3 Å². The SMILES string of the molecule is CC(C)Cc1sc(-c2nccs2)nc1C(=O)O. The number of aromatic carboxylic acids is 1. The van der Waals surface area contributed by atoms with E-state index in [1.807, 2.05) is 5.38 Å². The molecule has 4 nitrogen and oxygen atoms in total. The van der Waals surface area contributed by atoms with Crippen molar-refractivity contribution in [1.29, 1.82) is 0 Å². The predicted molar refractivity (Wildman–Crippen MR) is 68.7 cm³/mol. The molecule has 0 unspecified atom stereocenters. The summed E-state index contributed by atoms with van der Waals surface area (Å²) in [4.78, 5) is 20.3. The average molecular weight is 268 g/mol. The Hall–Kier alpha value is -1.27. The third kappa shape index (κ3) is 2.70. The zero-order valence-corrected chi connectivity index (χ0v) is 11.1. The molecule has 1 N–H and O–H groups in total. The van der Waals surface area contributed by atoms with E-state index >= 15 is 0 Å². The smallest absolute Gasteiger partial charge is 0.355 e. The number of rotatable bonds is 4. The van der Waals surface area contributed by atoms with E-state index in [-0.39, 0.29) is 5.69 Å². The number of aromatic nitrogens is 2. The van der Waals surface area contributed by atoms with Gasteiger partial charge < -0.3 is 5.11 Å². The van der Waals surface area contributed by atoms with Gasteiger partial charge in [-0.2, -0.15) is 0 Å². The van der Waals surface area contributed by atoms with E-state index < -0.39 is 5.97 Å². The van der Waals surface area contributed by atoms with Crippen LogP contribution in [0.25, 0.3) is 10.0 Å². The maximum absolute atomic E-state index is 11.1. The highest BCUT2D eigenvalue weighted by atomic mass is 32.1. The standard InChI is InChI=1S/C11H12N2O2S2/c1-6(2)5-7-8(11(14)15)13-10(17-7)9-12-3-4-16-9/h3-4,6H,5H2,1-2H3,(H,14,15). The Morgan fingerprint density at radius 3 is 2.76 bits per heavy atom. The maximum atomic E-state index is 11.1. The fourth-order valence-corrected chi connectivity index (χ4v) is 3.39. The summed E-state index contributed by atoms with van der Waals surface area (Å²) in [5.74, 6) is -0.544. The van der Waals surface area contributed by atoms with Gasteiger partial charge in [-0.1, -0.05) is 13.8 Å². The molecule has 2 heterocycles. The Morgan fingerprint density at radius 2 is 2.24 bits per heavy atom. The molecule has 0 atom stereocenters. The highest BCUT2D eigenvalue weighted by molar-refractivity contribution is 7.20. The fourth-order valence-electron chi connectivity index (χ4n) is 1.45. The lowest BCUT2D eigenvalue weighted by molar-refractivity contribution is 0.0690. The van der Waals surface area contributed by atoms with Crippen LogP contribution in [-0.2, 0) is 6.42 Å². The minimum absolute atomic E-state index is 0.175. The molecule has 0 aromatic carbocycles. The Kier molecular flexibility index (Phi) is 3.54. The number of hydrogen-bond donors (Lipinski definition) is 1. The summed E-state index contributed by atoms with van der Waals surface area (Å²) in [6.07, 6.45) is 2.44. The zero-order valence-electron chi connectivity index (χ0n) is 9.51. The Morgan fingerprint density at radius 1 is 1.47 bits per heavy atom. The van der Waals surface area contributed by atoms with Gasteiger partial charge in [0.15, 0.2) is 15.7 Å². The summed E-state index contributed by atoms with van der Waals surface area (Å²) in [6.45, 7) is 4.13. The first-order chi connectivity index (χ1) is 8.08. The largest absolute Gasteiger partial charge is 0.476 e. The molecule has 0 aliphatic heterocycles. The molecule has 0 saturated carbocycles. The van der Waals surface area contributed by atoms with Crippen molar-refractivity contribution in [1.82, 2.24) is 9.97 Å². The molecule has 0 radical (unpaired) electrons. The molecule has 0 aliphatic rings. The molecule has 0 amide bonds. The fraction of sp³-hybridized carbons (Fsp3) is 0.364. The van der Waals surface area contributed by atoms with Crippen molar-refractivity contribution in [2.75, 3.05) is 0 Å². The van der Waals surface area contributed by atoms with E-state index in [1.54, 1.807) is 6.20 Å². The van der Waals surface area contributed by atoms with E-state index in [0.29, 0.717) is 10.9 Å². The van der Waals surface area contributed by atoms with Crippen molar-refractivity contribution in [3.63, 3.8) is 0 Å². The van der Waals surface area contributed by atoms with Crippen molar-refractivity contribution in [2.24, 2.45) is 5.92 Å². The lowest BCUT2D eigenvalue weighted by atomic mass is 10.1. The first-order valence-electron chi connectivity index (χ1n) is 5.20. The van der Waals surface area contributed by atoms with Crippen molar-refractivity contribution < 1.29 is 9.90 Å². The topological polar surface area (TPSA) is 63.1 Å². The van der Waals surface area contributed by atoms with Crippen LogP contribution in [0.5, 0.6) is 0 Å². The quantitative estimate of drug-likeness (QED) is 0.925. The number of carboxylic acids is 1. The second kappa shape index (κ2) is 4.93. The second-order valence-corrected chi connectivity index (χ2v) is 6.01. The minimum Gasteiger partial charge on any atom is -0.476 e. The Bertz CT molecular complexity index is 518. The summed E-state index contributed by atoms with van der Waals surface area (Å²) < 4.78 is 0. The normalized spacial score (nSPS) is 11.0. The number of hydrogen-bond acceptors (Lipinski definition) is 5. The van der Waals surface area contributed by atoms with Gasteiger partial charge in [0.25, 0.3) is 0 Å². The van der Waals surface area contributed by atoms with Gasteiger partial charge in [0.2, 0.25) is 0 Å². The van der Waals surface area contributed by atoms with Crippen LogP contribution < -0.4 is 0 Å². The van der Waals surface area contributed by atoms with Crippen LogP contribution in [0.4, 0.5) is 0 Å². The molecule has 6 heteroatoms. The van der Waals surface area contributed by atoms with Crippen molar-refractivity contribution in [3.05, 3.63) is 22.1 Å². The highest BCUT2D eigenvalue weighted by Crippen LogP contribution is 2.30. The summed E-state index contributed by atoms with van der Waals surface area (Å²) in [5, 5.41) is 12.5. The van der Waals surface area contributed by atoms with E-state index in [0.717, 1.165) is 16.3 Å². The molecule has 2 aromatic rings. The number of nitrogens with zero attached hydrogens (tertiary/aromatic N) is 2. The number of carbonyl (C=O) groups is 1. The first-order valence-corrected chi connectivity index (χ1v) is 6.90. The average Bonchev–Trinajstić information content (AvgIpc) is 2.82. The van der Waals surface area contributed by atoms with Gasteiger partial charge in [0.05, 0.1) is 0 Å². The Labute approximate surface area is 107 Å². The molecule has 0 spiro atoms. The molecular weight excluding hydrogens is 256 g/mol. The molecule has 0 saturated heterocycles. The molecule has 90 valence electrons. The van der Waals surface area contributed by atoms with Gasteiger partial charge in [0.1, 0.15) is 0 Å². The molecule has 0 bridgehead atoms. The number of thiazole rings is 2. The Balaban J connectivity index is 2.41. The number of carboxylic acid groups (broad SMARTS) is 1. The lowest BCUT2D eigenvalue weighted by Crippen LogP contribution is -2.03. The first kappa shape index (κ1) is 12.2. The predicted octanol–water partition coefficient (Wildman–Crippen LogP) is 3.16. The van der Waals surface area contributed by atoms with Gasteiger partial charge in [-0.3, -0.25) is 0 Å². The van der Waals surface area contributed by atoms with Crippen LogP contribution in [0.15, 0.2) is 11.6 Å². The minimum atomic E-state index is -0.959. The van der Waals surface area contributed by atoms with E-state index in [9.17, 15) is 4.79 Å². The van der Waals surface area contributed by atoms with Gasteiger partial charge >= 0.3 is 5.97 Å². The highest BCUT2D eigenvalue weighted by Gasteiger charge is 2.19. The van der Waals surface area contributed by atoms with E-state index in [4.69, 9.17) is 5.11 Å². The van der Waals surface area contributed by atoms with Crippen LogP contribution in [-0.4, -0.2) is 21.0 Å². The summed E-state index contributed by atoms with van der Waals surface area (Å²) in [6, 6.07) is 0. The zero-order chi connectivity index (χ0) is 12.4. The molecule has 2 aromatic heterocycles. The summed E-state index contributed by atoms with van der Waals surface area (Å²) >= 11 is 2.90. The molecule has 17 heavy (non-hydrogen) atoms. The molecule has 0 aliphatic carbocycles. The van der Waals surface area contributed by atoms with E-state index in [1.165, 1.54) is 22.7 Å². The maximum Gasteiger partial charge on any atom is 0.355 e. The van der Waals surface area contributed by atoms with Gasteiger partial charge in [-0.15, -0.1) is 22.7 Å². The van der Waals surface area contributed by atoms with E-state index in [2.05, 4.69) is 23.8 Å². The lowest BCUT2D eigenvalue weighted by Gasteiger charge is -2.01. The van der Waals surface area contributed by atoms with Gasteiger partial charge in [0, 0.05) is 16.5 Å². The van der Waals surface area contributed by atoms with Crippen LogP contribution in [0.1, 0.15) is 29.2 Å². The molecule has 2 rings (SSSR count). The molecule has 0 fully saturated rings. The van der Waals surface area contributed by atoms with Gasteiger partial charge in [-0.25, -0.2) is 14.8 Å². The third-order valence-corrected chi connectivity index (χ3v) is 4.10. The van der Waals surface area contributed by atoms with Crippen molar-refractivity contribution in [3.8, 4) is 10.0 Å². The van der Waals surface area contributed by atoms with Crippen LogP contribution in [0.3, 0.4) is 0 Å².